The Kier molecular flexibility index (Phi) is 3.00. The lowest BCUT2D eigenvalue weighted by Crippen LogP contribution is -2.03. The second-order valence-electron chi connectivity index (χ2n) is 7.90. The summed E-state index contributed by atoms with van der Waals surface area (Å²) in [6, 6.07) is 17.0. The van der Waals surface area contributed by atoms with Crippen molar-refractivity contribution in [1.29, 1.82) is 0 Å². The van der Waals surface area contributed by atoms with Gasteiger partial charge in [-0.15, -0.1) is 0 Å². The molecule has 0 spiro atoms. The summed E-state index contributed by atoms with van der Waals surface area (Å²) in [5.41, 5.74) is 5.04. The topological polar surface area (TPSA) is 35.3 Å². The first-order valence-electron chi connectivity index (χ1n) is 9.67. The van der Waals surface area contributed by atoms with Crippen molar-refractivity contribution in [3.63, 3.8) is 0 Å². The highest BCUT2D eigenvalue weighted by atomic mass is 16.5. The zero-order chi connectivity index (χ0) is 19.0. The SMILES string of the molecule is Cc1c2c(cc3ccccc13)-c1nc3occc3c3cc(C(C)C)cc(c13)O2. The fourth-order valence-electron chi connectivity index (χ4n) is 4.38. The van der Waals surface area contributed by atoms with Crippen LogP contribution in [0.1, 0.15) is 30.9 Å². The fourth-order valence-corrected chi connectivity index (χ4v) is 4.38. The average molecular weight is 365 g/mol. The molecule has 5 aromatic rings. The van der Waals surface area contributed by atoms with Crippen molar-refractivity contribution >= 4 is 32.6 Å². The molecule has 0 fully saturated rings. The molecule has 0 saturated carbocycles. The van der Waals surface area contributed by atoms with Gasteiger partial charge in [0.25, 0.3) is 0 Å². The molecule has 0 atom stereocenters. The second-order valence-corrected chi connectivity index (χ2v) is 7.90. The Hall–Kier alpha value is -3.33. The van der Waals surface area contributed by atoms with Crippen LogP contribution in [0.3, 0.4) is 0 Å². The third-order valence-corrected chi connectivity index (χ3v) is 5.89. The smallest absolute Gasteiger partial charge is 0.227 e. The van der Waals surface area contributed by atoms with Crippen molar-refractivity contribution in [3.05, 3.63) is 65.9 Å². The molecule has 0 radical (unpaired) electrons. The first-order chi connectivity index (χ1) is 13.6. The number of aryl methyl sites for hydroxylation is 1. The Morgan fingerprint density at radius 2 is 1.79 bits per heavy atom. The number of nitrogens with zero attached hydrogens (tertiary/aromatic N) is 1. The highest BCUT2D eigenvalue weighted by Crippen LogP contribution is 2.50. The standard InChI is InChI=1S/C25H19NO2/c1-13(2)16-11-19-18-8-9-27-25(18)26-23-20-10-15-6-4-5-7-17(15)14(3)24(20)28-21(12-16)22(19)23/h4-13H,1-3H3. The van der Waals surface area contributed by atoms with Gasteiger partial charge in [-0.1, -0.05) is 38.1 Å². The van der Waals surface area contributed by atoms with Gasteiger partial charge in [-0.2, -0.15) is 0 Å². The van der Waals surface area contributed by atoms with Crippen LogP contribution in [0.4, 0.5) is 0 Å². The van der Waals surface area contributed by atoms with E-state index in [0.29, 0.717) is 11.6 Å². The van der Waals surface area contributed by atoms with Gasteiger partial charge in [0.15, 0.2) is 0 Å². The first kappa shape index (κ1) is 15.7. The Balaban J connectivity index is 1.82. The number of hydrogen-bond donors (Lipinski definition) is 0. The van der Waals surface area contributed by atoms with Crippen molar-refractivity contribution in [3.8, 4) is 22.8 Å². The Bertz CT molecular complexity index is 1430. The number of furan rings is 1. The van der Waals surface area contributed by atoms with E-state index in [4.69, 9.17) is 14.1 Å². The van der Waals surface area contributed by atoms with E-state index >= 15 is 0 Å². The number of aromatic nitrogens is 1. The Morgan fingerprint density at radius 3 is 2.64 bits per heavy atom. The van der Waals surface area contributed by atoms with E-state index in [9.17, 15) is 0 Å². The molecule has 3 heterocycles. The maximum atomic E-state index is 6.53. The van der Waals surface area contributed by atoms with Gasteiger partial charge in [0.05, 0.1) is 17.3 Å². The van der Waals surface area contributed by atoms with Crippen molar-refractivity contribution in [2.45, 2.75) is 26.7 Å². The van der Waals surface area contributed by atoms with Crippen LogP contribution in [0.15, 0.2) is 59.2 Å². The highest BCUT2D eigenvalue weighted by Gasteiger charge is 2.27. The van der Waals surface area contributed by atoms with Crippen LogP contribution >= 0.6 is 0 Å². The predicted molar refractivity (Wildman–Crippen MR) is 113 cm³/mol. The van der Waals surface area contributed by atoms with Crippen LogP contribution in [-0.4, -0.2) is 4.98 Å². The molecular formula is C25H19NO2. The van der Waals surface area contributed by atoms with E-state index in [1.54, 1.807) is 6.26 Å². The second kappa shape index (κ2) is 5.35. The molecular weight excluding hydrogens is 346 g/mol. The van der Waals surface area contributed by atoms with E-state index in [0.717, 1.165) is 44.5 Å². The molecule has 3 heteroatoms. The molecule has 3 nitrogen and oxygen atoms in total. The molecule has 1 aliphatic heterocycles. The van der Waals surface area contributed by atoms with Gasteiger partial charge in [-0.05, 0) is 53.4 Å². The maximum absolute atomic E-state index is 6.53. The molecule has 0 N–H and O–H groups in total. The van der Waals surface area contributed by atoms with E-state index in [-0.39, 0.29) is 0 Å². The third kappa shape index (κ3) is 1.96. The summed E-state index contributed by atoms with van der Waals surface area (Å²) in [7, 11) is 0. The summed E-state index contributed by atoms with van der Waals surface area (Å²) in [6.45, 7) is 6.54. The van der Waals surface area contributed by atoms with Crippen molar-refractivity contribution in [1.82, 2.24) is 4.98 Å². The van der Waals surface area contributed by atoms with Gasteiger partial charge in [0, 0.05) is 21.9 Å². The van der Waals surface area contributed by atoms with Gasteiger partial charge >= 0.3 is 0 Å². The monoisotopic (exact) mass is 365 g/mol. The predicted octanol–water partition coefficient (Wildman–Crippen LogP) is 7.34. The number of fused-ring (bicyclic) bond motifs is 5. The molecule has 0 unspecified atom stereocenters. The van der Waals surface area contributed by atoms with Crippen LogP contribution in [0.25, 0.3) is 43.9 Å². The molecule has 0 amide bonds. The lowest BCUT2D eigenvalue weighted by molar-refractivity contribution is 0.482. The number of ether oxygens (including phenoxy) is 1. The van der Waals surface area contributed by atoms with Crippen molar-refractivity contribution in [2.75, 3.05) is 0 Å². The highest BCUT2D eigenvalue weighted by molar-refractivity contribution is 6.15. The summed E-state index contributed by atoms with van der Waals surface area (Å²) in [6.07, 6.45) is 1.72. The zero-order valence-electron chi connectivity index (χ0n) is 16.0. The lowest BCUT2D eigenvalue weighted by Gasteiger charge is -2.24. The van der Waals surface area contributed by atoms with E-state index < -0.39 is 0 Å². The van der Waals surface area contributed by atoms with Gasteiger partial charge in [0.2, 0.25) is 5.71 Å². The zero-order valence-corrected chi connectivity index (χ0v) is 16.0. The van der Waals surface area contributed by atoms with Gasteiger partial charge in [-0.3, -0.25) is 0 Å². The van der Waals surface area contributed by atoms with Crippen LogP contribution in [0.5, 0.6) is 11.5 Å². The minimum Gasteiger partial charge on any atom is -0.456 e. The summed E-state index contributed by atoms with van der Waals surface area (Å²) >= 11 is 0. The Morgan fingerprint density at radius 1 is 0.929 bits per heavy atom. The Labute approximate surface area is 162 Å². The molecule has 0 bridgehead atoms. The molecule has 0 aliphatic carbocycles. The first-order valence-corrected chi connectivity index (χ1v) is 9.67. The lowest BCUT2D eigenvalue weighted by atomic mass is 9.91. The molecule has 1 aliphatic rings. The largest absolute Gasteiger partial charge is 0.456 e. The summed E-state index contributed by atoms with van der Waals surface area (Å²) in [5.74, 6) is 2.19. The third-order valence-electron chi connectivity index (χ3n) is 5.89. The van der Waals surface area contributed by atoms with Crippen molar-refractivity contribution in [2.24, 2.45) is 0 Å². The quantitative estimate of drug-likeness (QED) is 0.306. The molecule has 6 rings (SSSR count). The van der Waals surface area contributed by atoms with E-state index in [1.165, 1.54) is 16.3 Å². The molecule has 28 heavy (non-hydrogen) atoms. The minimum absolute atomic E-state index is 0.405. The number of hydrogen-bond acceptors (Lipinski definition) is 3. The summed E-state index contributed by atoms with van der Waals surface area (Å²) in [5, 5.41) is 5.65. The van der Waals surface area contributed by atoms with Crippen molar-refractivity contribution < 1.29 is 9.15 Å². The molecule has 2 aromatic heterocycles. The van der Waals surface area contributed by atoms with Gasteiger partial charge < -0.3 is 9.15 Å². The normalized spacial score (nSPS) is 12.7. The summed E-state index contributed by atoms with van der Waals surface area (Å²) < 4.78 is 12.2. The molecule has 136 valence electrons. The van der Waals surface area contributed by atoms with Crippen LogP contribution in [-0.2, 0) is 0 Å². The fraction of sp³-hybridized carbons (Fsp3) is 0.160. The number of rotatable bonds is 1. The molecule has 3 aromatic carbocycles. The number of benzene rings is 3. The van der Waals surface area contributed by atoms with Crippen LogP contribution < -0.4 is 4.74 Å². The van der Waals surface area contributed by atoms with Gasteiger partial charge in [-0.25, -0.2) is 4.98 Å². The number of pyridine rings is 1. The average Bonchev–Trinajstić information content (AvgIpc) is 3.18. The van der Waals surface area contributed by atoms with E-state index in [1.807, 2.05) is 6.07 Å². The van der Waals surface area contributed by atoms with E-state index in [2.05, 4.69) is 63.2 Å². The van der Waals surface area contributed by atoms with Gasteiger partial charge in [0.1, 0.15) is 11.5 Å². The maximum Gasteiger partial charge on any atom is 0.227 e. The minimum atomic E-state index is 0.405. The molecule has 0 saturated heterocycles. The summed E-state index contributed by atoms with van der Waals surface area (Å²) in [4.78, 5) is 4.91. The van der Waals surface area contributed by atoms with Crippen LogP contribution in [0.2, 0.25) is 0 Å². The van der Waals surface area contributed by atoms with Crippen LogP contribution in [0, 0.1) is 6.92 Å².